The van der Waals surface area contributed by atoms with Crippen molar-refractivity contribution >= 4 is 10.0 Å². The molecule has 0 N–H and O–H groups in total. The SMILES string of the molecule is C=CCC(c1ccc(OC)cc1)N(CC=C)S(=O)(=O)c1ccc(C)cc1. The standard InChI is InChI=1S/C21H25NO3S/c1-5-7-21(18-10-12-19(25-4)13-11-18)22(16-6-2)26(23,24)20-14-8-17(3)9-15-20/h5-6,8-15,21H,1-2,7,16H2,3-4H3. The molecule has 1 atom stereocenters. The van der Waals surface area contributed by atoms with Crippen molar-refractivity contribution in [1.29, 1.82) is 0 Å². The van der Waals surface area contributed by atoms with E-state index in [2.05, 4.69) is 13.2 Å². The number of ether oxygens (including phenoxy) is 1. The molecule has 26 heavy (non-hydrogen) atoms. The Labute approximate surface area is 156 Å². The van der Waals surface area contributed by atoms with Gasteiger partial charge in [-0.25, -0.2) is 8.42 Å². The molecule has 2 rings (SSSR count). The first-order chi connectivity index (χ1) is 12.4. The second-order valence-electron chi connectivity index (χ2n) is 5.99. The van der Waals surface area contributed by atoms with Gasteiger partial charge in [0.1, 0.15) is 5.75 Å². The molecule has 0 saturated carbocycles. The van der Waals surface area contributed by atoms with E-state index in [9.17, 15) is 8.42 Å². The van der Waals surface area contributed by atoms with Crippen molar-refractivity contribution in [2.24, 2.45) is 0 Å². The minimum atomic E-state index is -3.68. The number of rotatable bonds is 9. The van der Waals surface area contributed by atoms with Gasteiger partial charge in [-0.2, -0.15) is 4.31 Å². The van der Waals surface area contributed by atoms with E-state index >= 15 is 0 Å². The molecule has 0 aromatic heterocycles. The third kappa shape index (κ3) is 4.42. The summed E-state index contributed by atoms with van der Waals surface area (Å²) in [6.45, 7) is 9.67. The Morgan fingerprint density at radius 2 is 1.65 bits per heavy atom. The van der Waals surface area contributed by atoms with Gasteiger partial charge in [-0.3, -0.25) is 0 Å². The fraction of sp³-hybridized carbons (Fsp3) is 0.238. The Morgan fingerprint density at radius 3 is 2.15 bits per heavy atom. The third-order valence-corrected chi connectivity index (χ3v) is 6.06. The van der Waals surface area contributed by atoms with Crippen molar-refractivity contribution in [1.82, 2.24) is 4.31 Å². The molecule has 0 aliphatic rings. The molecule has 0 aliphatic carbocycles. The predicted molar refractivity (Wildman–Crippen MR) is 106 cm³/mol. The predicted octanol–water partition coefficient (Wildman–Crippen LogP) is 4.50. The molecule has 138 valence electrons. The molecule has 5 heteroatoms. The summed E-state index contributed by atoms with van der Waals surface area (Å²) < 4.78 is 33.2. The van der Waals surface area contributed by atoms with Crippen LogP contribution in [0.5, 0.6) is 5.75 Å². The van der Waals surface area contributed by atoms with Crippen molar-refractivity contribution in [3.8, 4) is 5.75 Å². The topological polar surface area (TPSA) is 46.6 Å². The molecule has 0 aliphatic heterocycles. The van der Waals surface area contributed by atoms with E-state index in [0.717, 1.165) is 16.9 Å². The van der Waals surface area contributed by atoms with Crippen LogP contribution in [0.2, 0.25) is 0 Å². The van der Waals surface area contributed by atoms with E-state index in [1.54, 1.807) is 43.5 Å². The number of aryl methyl sites for hydroxylation is 1. The van der Waals surface area contributed by atoms with Crippen molar-refractivity contribution in [2.45, 2.75) is 24.3 Å². The molecule has 0 bridgehead atoms. The van der Waals surface area contributed by atoms with E-state index in [1.807, 2.05) is 31.2 Å². The first kappa shape index (κ1) is 19.9. The molecular weight excluding hydrogens is 346 g/mol. The van der Waals surface area contributed by atoms with E-state index in [4.69, 9.17) is 4.74 Å². The van der Waals surface area contributed by atoms with Crippen LogP contribution in [-0.2, 0) is 10.0 Å². The lowest BCUT2D eigenvalue weighted by molar-refractivity contribution is 0.351. The normalized spacial score (nSPS) is 12.6. The van der Waals surface area contributed by atoms with Crippen LogP contribution in [-0.4, -0.2) is 26.4 Å². The molecule has 2 aromatic rings. The Bertz CT molecular complexity index is 840. The van der Waals surface area contributed by atoms with Crippen molar-refractivity contribution in [3.05, 3.63) is 85.0 Å². The quantitative estimate of drug-likeness (QED) is 0.610. The zero-order valence-electron chi connectivity index (χ0n) is 15.3. The van der Waals surface area contributed by atoms with Gasteiger partial charge < -0.3 is 4.74 Å². The minimum Gasteiger partial charge on any atom is -0.497 e. The highest BCUT2D eigenvalue weighted by Crippen LogP contribution is 2.31. The van der Waals surface area contributed by atoms with Gasteiger partial charge in [0.15, 0.2) is 0 Å². The van der Waals surface area contributed by atoms with Gasteiger partial charge in [0.2, 0.25) is 10.0 Å². The van der Waals surface area contributed by atoms with Gasteiger partial charge in [0.25, 0.3) is 0 Å². The van der Waals surface area contributed by atoms with Crippen LogP contribution < -0.4 is 4.74 Å². The van der Waals surface area contributed by atoms with Crippen LogP contribution in [0, 0.1) is 6.92 Å². The van der Waals surface area contributed by atoms with Gasteiger partial charge in [0.05, 0.1) is 18.0 Å². The molecule has 2 aromatic carbocycles. The van der Waals surface area contributed by atoms with Gasteiger partial charge in [-0.1, -0.05) is 42.0 Å². The minimum absolute atomic E-state index is 0.209. The highest BCUT2D eigenvalue weighted by Gasteiger charge is 2.31. The molecule has 0 fully saturated rings. The van der Waals surface area contributed by atoms with Gasteiger partial charge in [-0.15, -0.1) is 13.2 Å². The van der Waals surface area contributed by atoms with Gasteiger partial charge >= 0.3 is 0 Å². The fourth-order valence-electron chi connectivity index (χ4n) is 2.77. The van der Waals surface area contributed by atoms with Crippen LogP contribution in [0.25, 0.3) is 0 Å². The van der Waals surface area contributed by atoms with Crippen molar-refractivity contribution < 1.29 is 13.2 Å². The summed E-state index contributed by atoms with van der Waals surface area (Å²) in [7, 11) is -2.08. The van der Waals surface area contributed by atoms with E-state index in [1.165, 1.54) is 4.31 Å². The lowest BCUT2D eigenvalue weighted by atomic mass is 10.0. The molecule has 0 saturated heterocycles. The maximum atomic E-state index is 13.3. The van der Waals surface area contributed by atoms with Gasteiger partial charge in [-0.05, 0) is 43.2 Å². The molecule has 0 amide bonds. The Morgan fingerprint density at radius 1 is 1.04 bits per heavy atom. The van der Waals surface area contributed by atoms with Crippen LogP contribution >= 0.6 is 0 Å². The second kappa shape index (κ2) is 8.83. The number of nitrogens with zero attached hydrogens (tertiary/aromatic N) is 1. The first-order valence-corrected chi connectivity index (χ1v) is 9.82. The third-order valence-electron chi connectivity index (χ3n) is 4.17. The number of benzene rings is 2. The average molecular weight is 372 g/mol. The summed E-state index contributed by atoms with van der Waals surface area (Å²) in [6, 6.07) is 13.9. The monoisotopic (exact) mass is 371 g/mol. The number of methoxy groups -OCH3 is 1. The molecule has 4 nitrogen and oxygen atoms in total. The second-order valence-corrected chi connectivity index (χ2v) is 7.88. The zero-order chi connectivity index (χ0) is 19.2. The van der Waals surface area contributed by atoms with Gasteiger partial charge in [0, 0.05) is 6.54 Å². The number of hydrogen-bond donors (Lipinski definition) is 0. The maximum Gasteiger partial charge on any atom is 0.243 e. The van der Waals surface area contributed by atoms with Crippen LogP contribution in [0.15, 0.2) is 78.7 Å². The van der Waals surface area contributed by atoms with E-state index in [0.29, 0.717) is 6.42 Å². The highest BCUT2D eigenvalue weighted by atomic mass is 32.2. The Hall–Kier alpha value is -2.37. The molecule has 0 spiro atoms. The summed E-state index contributed by atoms with van der Waals surface area (Å²) in [6.07, 6.45) is 3.83. The maximum absolute atomic E-state index is 13.3. The lowest BCUT2D eigenvalue weighted by Crippen LogP contribution is -2.35. The van der Waals surface area contributed by atoms with Crippen molar-refractivity contribution in [3.63, 3.8) is 0 Å². The largest absolute Gasteiger partial charge is 0.497 e. The summed E-state index contributed by atoms with van der Waals surface area (Å²) in [5.74, 6) is 0.725. The van der Waals surface area contributed by atoms with E-state index in [-0.39, 0.29) is 17.5 Å². The highest BCUT2D eigenvalue weighted by molar-refractivity contribution is 7.89. The Balaban J connectivity index is 2.49. The van der Waals surface area contributed by atoms with E-state index < -0.39 is 10.0 Å². The smallest absolute Gasteiger partial charge is 0.243 e. The molecule has 0 heterocycles. The van der Waals surface area contributed by atoms with Crippen LogP contribution in [0.3, 0.4) is 0 Å². The van der Waals surface area contributed by atoms with Crippen LogP contribution in [0.4, 0.5) is 0 Å². The first-order valence-electron chi connectivity index (χ1n) is 8.38. The lowest BCUT2D eigenvalue weighted by Gasteiger charge is -2.30. The average Bonchev–Trinajstić information content (AvgIpc) is 2.65. The summed E-state index contributed by atoms with van der Waals surface area (Å²) in [4.78, 5) is 0.271. The molecule has 1 unspecified atom stereocenters. The summed E-state index contributed by atoms with van der Waals surface area (Å²) >= 11 is 0. The molecular formula is C21H25NO3S. The van der Waals surface area contributed by atoms with Crippen molar-refractivity contribution in [2.75, 3.05) is 13.7 Å². The number of sulfonamides is 1. The molecule has 0 radical (unpaired) electrons. The Kier molecular flexibility index (Phi) is 6.77. The van der Waals surface area contributed by atoms with Crippen LogP contribution in [0.1, 0.15) is 23.6 Å². The summed E-state index contributed by atoms with van der Waals surface area (Å²) in [5.41, 5.74) is 1.89. The zero-order valence-corrected chi connectivity index (χ0v) is 16.1. The number of hydrogen-bond acceptors (Lipinski definition) is 3. The fourth-order valence-corrected chi connectivity index (χ4v) is 4.36. The summed E-state index contributed by atoms with van der Waals surface area (Å²) in [5, 5.41) is 0.